The Morgan fingerprint density at radius 3 is 2.32 bits per heavy atom. The number of alkyl halides is 3. The predicted octanol–water partition coefficient (Wildman–Crippen LogP) is 4.72. The van der Waals surface area contributed by atoms with Crippen LogP contribution in [0.15, 0.2) is 18.2 Å². The molecule has 0 aliphatic heterocycles. The maximum absolute atomic E-state index is 12.6. The zero-order valence-corrected chi connectivity index (χ0v) is 12.1. The number of hydrogen-bond donors (Lipinski definition) is 1. The van der Waals surface area contributed by atoms with Gasteiger partial charge in [-0.25, -0.2) is 0 Å². The lowest BCUT2D eigenvalue weighted by Crippen LogP contribution is -2.35. The minimum absolute atomic E-state index is 0.0516. The van der Waals surface area contributed by atoms with Crippen LogP contribution in [0.1, 0.15) is 31.4 Å². The molecule has 108 valence electrons. The molecule has 1 aromatic rings. The molecule has 0 fully saturated rings. The average Bonchev–Trinajstić information content (AvgIpc) is 2.21. The normalized spacial score (nSPS) is 12.8. The van der Waals surface area contributed by atoms with Gasteiger partial charge in [-0.2, -0.15) is 13.2 Å². The van der Waals surface area contributed by atoms with E-state index in [1.807, 2.05) is 25.1 Å². The van der Waals surface area contributed by atoms with E-state index in [1.165, 1.54) is 13.8 Å². The molecule has 19 heavy (non-hydrogen) atoms. The topological polar surface area (TPSA) is 12.0 Å². The summed E-state index contributed by atoms with van der Waals surface area (Å²) in [6.07, 6.45) is -4.11. The SMILES string of the molecule is Cc1cc(Cl)cc(CNCCC(C)(C)C(F)(F)F)c1. The third kappa shape index (κ3) is 5.03. The van der Waals surface area contributed by atoms with Crippen LogP contribution in [0.3, 0.4) is 0 Å². The number of halogens is 4. The number of aryl methyl sites for hydroxylation is 1. The van der Waals surface area contributed by atoms with Crippen LogP contribution >= 0.6 is 11.6 Å². The van der Waals surface area contributed by atoms with Gasteiger partial charge >= 0.3 is 6.18 Å². The number of benzene rings is 1. The van der Waals surface area contributed by atoms with E-state index in [2.05, 4.69) is 5.32 Å². The van der Waals surface area contributed by atoms with Crippen LogP contribution in [0.5, 0.6) is 0 Å². The van der Waals surface area contributed by atoms with E-state index in [-0.39, 0.29) is 6.42 Å². The molecule has 0 aliphatic carbocycles. The Morgan fingerprint density at radius 2 is 1.79 bits per heavy atom. The summed E-state index contributed by atoms with van der Waals surface area (Å²) in [5.41, 5.74) is 0.360. The summed E-state index contributed by atoms with van der Waals surface area (Å²) in [6.45, 7) is 5.21. The Bertz CT molecular complexity index is 407. The molecule has 0 heterocycles. The Balaban J connectivity index is 2.43. The molecular formula is C14H19ClF3N. The first-order valence-corrected chi connectivity index (χ1v) is 6.53. The van der Waals surface area contributed by atoms with Crippen molar-refractivity contribution >= 4 is 11.6 Å². The van der Waals surface area contributed by atoms with Crippen molar-refractivity contribution < 1.29 is 13.2 Å². The van der Waals surface area contributed by atoms with Crippen LogP contribution in [0, 0.1) is 12.3 Å². The lowest BCUT2D eigenvalue weighted by atomic mass is 9.88. The van der Waals surface area contributed by atoms with E-state index in [9.17, 15) is 13.2 Å². The summed E-state index contributed by atoms with van der Waals surface area (Å²) >= 11 is 5.92. The van der Waals surface area contributed by atoms with Gasteiger partial charge in [0.1, 0.15) is 0 Å². The van der Waals surface area contributed by atoms with Crippen molar-refractivity contribution in [2.45, 2.75) is 39.9 Å². The van der Waals surface area contributed by atoms with E-state index >= 15 is 0 Å². The summed E-state index contributed by atoms with van der Waals surface area (Å²) in [6, 6.07) is 5.63. The first-order chi connectivity index (χ1) is 8.62. The van der Waals surface area contributed by atoms with Gasteiger partial charge in [0.05, 0.1) is 5.41 Å². The van der Waals surface area contributed by atoms with Crippen molar-refractivity contribution in [3.8, 4) is 0 Å². The lowest BCUT2D eigenvalue weighted by molar-refractivity contribution is -0.213. The van der Waals surface area contributed by atoms with Crippen LogP contribution in [0.2, 0.25) is 5.02 Å². The van der Waals surface area contributed by atoms with Gasteiger partial charge in [0.2, 0.25) is 0 Å². The third-order valence-electron chi connectivity index (χ3n) is 3.13. The van der Waals surface area contributed by atoms with Crippen molar-refractivity contribution in [2.75, 3.05) is 6.54 Å². The third-order valence-corrected chi connectivity index (χ3v) is 3.34. The largest absolute Gasteiger partial charge is 0.394 e. The van der Waals surface area contributed by atoms with Crippen LogP contribution in [-0.2, 0) is 6.54 Å². The van der Waals surface area contributed by atoms with Crippen molar-refractivity contribution in [3.05, 3.63) is 34.3 Å². The fraction of sp³-hybridized carbons (Fsp3) is 0.571. The molecule has 5 heteroatoms. The number of nitrogens with one attached hydrogen (secondary N) is 1. The van der Waals surface area contributed by atoms with E-state index < -0.39 is 11.6 Å². The molecule has 0 radical (unpaired) electrons. The standard InChI is InChI=1S/C14H19ClF3N/c1-10-6-11(8-12(15)7-10)9-19-5-4-13(2,3)14(16,17)18/h6-8,19H,4-5,9H2,1-3H3. The minimum atomic E-state index is -4.17. The van der Waals surface area contributed by atoms with Gasteiger partial charge in [-0.3, -0.25) is 0 Å². The van der Waals surface area contributed by atoms with Gasteiger partial charge < -0.3 is 5.32 Å². The predicted molar refractivity (Wildman–Crippen MR) is 72.3 cm³/mol. The maximum Gasteiger partial charge on any atom is 0.394 e. The van der Waals surface area contributed by atoms with Gasteiger partial charge in [0.15, 0.2) is 0 Å². The molecule has 0 aromatic heterocycles. The summed E-state index contributed by atoms with van der Waals surface area (Å²) < 4.78 is 37.9. The van der Waals surface area contributed by atoms with Crippen molar-refractivity contribution in [2.24, 2.45) is 5.41 Å². The van der Waals surface area contributed by atoms with E-state index in [1.54, 1.807) is 0 Å². The van der Waals surface area contributed by atoms with Crippen molar-refractivity contribution in [1.29, 1.82) is 0 Å². The van der Waals surface area contributed by atoms with Gasteiger partial charge in [-0.15, -0.1) is 0 Å². The van der Waals surface area contributed by atoms with Crippen LogP contribution in [0.4, 0.5) is 13.2 Å². The van der Waals surface area contributed by atoms with Crippen LogP contribution < -0.4 is 5.32 Å². The second kappa shape index (κ2) is 6.14. The molecule has 0 atom stereocenters. The smallest absolute Gasteiger partial charge is 0.313 e. The molecule has 0 saturated carbocycles. The molecule has 0 unspecified atom stereocenters. The van der Waals surface area contributed by atoms with Gasteiger partial charge in [0, 0.05) is 11.6 Å². The second-order valence-corrected chi connectivity index (χ2v) is 5.88. The van der Waals surface area contributed by atoms with Crippen molar-refractivity contribution in [1.82, 2.24) is 5.32 Å². The molecule has 0 amide bonds. The monoisotopic (exact) mass is 293 g/mol. The first-order valence-electron chi connectivity index (χ1n) is 6.15. The Labute approximate surface area is 117 Å². The minimum Gasteiger partial charge on any atom is -0.313 e. The number of rotatable bonds is 5. The highest BCUT2D eigenvalue weighted by atomic mass is 35.5. The van der Waals surface area contributed by atoms with E-state index in [4.69, 9.17) is 11.6 Å². The van der Waals surface area contributed by atoms with E-state index in [0.717, 1.165) is 11.1 Å². The van der Waals surface area contributed by atoms with Crippen LogP contribution in [0.25, 0.3) is 0 Å². The highest BCUT2D eigenvalue weighted by Gasteiger charge is 2.46. The van der Waals surface area contributed by atoms with Crippen LogP contribution in [-0.4, -0.2) is 12.7 Å². The lowest BCUT2D eigenvalue weighted by Gasteiger charge is -2.27. The molecule has 0 aliphatic rings. The fourth-order valence-corrected chi connectivity index (χ4v) is 2.00. The molecule has 1 N–H and O–H groups in total. The quantitative estimate of drug-likeness (QED) is 0.775. The average molecular weight is 294 g/mol. The molecule has 1 rings (SSSR count). The number of hydrogen-bond acceptors (Lipinski definition) is 1. The molecule has 1 nitrogen and oxygen atoms in total. The molecule has 0 spiro atoms. The first kappa shape index (κ1) is 16.3. The second-order valence-electron chi connectivity index (χ2n) is 5.45. The molecule has 1 aromatic carbocycles. The van der Waals surface area contributed by atoms with Crippen molar-refractivity contribution in [3.63, 3.8) is 0 Å². The Morgan fingerprint density at radius 1 is 1.16 bits per heavy atom. The summed E-state index contributed by atoms with van der Waals surface area (Å²) in [4.78, 5) is 0. The Kier molecular flexibility index (Phi) is 5.27. The zero-order chi connectivity index (χ0) is 14.7. The molecule has 0 bridgehead atoms. The zero-order valence-electron chi connectivity index (χ0n) is 11.4. The van der Waals surface area contributed by atoms with Gasteiger partial charge in [0.25, 0.3) is 0 Å². The highest BCUT2D eigenvalue weighted by molar-refractivity contribution is 6.30. The highest BCUT2D eigenvalue weighted by Crippen LogP contribution is 2.39. The summed E-state index contributed by atoms with van der Waals surface area (Å²) in [5, 5.41) is 3.67. The summed E-state index contributed by atoms with van der Waals surface area (Å²) in [7, 11) is 0. The Hall–Kier alpha value is -0.740. The molecular weight excluding hydrogens is 275 g/mol. The maximum atomic E-state index is 12.6. The van der Waals surface area contributed by atoms with Gasteiger partial charge in [-0.1, -0.05) is 31.5 Å². The summed E-state index contributed by atoms with van der Waals surface area (Å²) in [5.74, 6) is 0. The van der Waals surface area contributed by atoms with E-state index in [0.29, 0.717) is 18.1 Å². The van der Waals surface area contributed by atoms with Gasteiger partial charge in [-0.05, 0) is 43.1 Å². The fourth-order valence-electron chi connectivity index (χ4n) is 1.69. The molecule has 0 saturated heterocycles.